The fraction of sp³-hybridized carbons (Fsp3) is 0.833. The van der Waals surface area contributed by atoms with Crippen LogP contribution < -0.4 is 5.32 Å². The van der Waals surface area contributed by atoms with Gasteiger partial charge in [-0.25, -0.2) is 0 Å². The number of hydrogen-bond acceptors (Lipinski definition) is 9. The maximum Gasteiger partial charge on any atom is 0.303 e. The number of esters is 3. The molecule has 1 amide bonds. The second-order valence-corrected chi connectivity index (χ2v) is 8.57. The van der Waals surface area contributed by atoms with Crippen molar-refractivity contribution in [1.82, 2.24) is 5.32 Å². The zero-order valence-electron chi connectivity index (χ0n) is 21.1. The summed E-state index contributed by atoms with van der Waals surface area (Å²) in [6.07, 6.45) is 4.88. The molecule has 1 aliphatic heterocycles. The number of ether oxygens (including phenoxy) is 5. The van der Waals surface area contributed by atoms with E-state index in [1.54, 1.807) is 0 Å². The third kappa shape index (κ3) is 11.8. The lowest BCUT2D eigenvalue weighted by Crippen LogP contribution is -2.66. The number of unbranched alkanes of at least 4 members (excludes halogenated alkanes) is 7. The number of amides is 1. The van der Waals surface area contributed by atoms with Gasteiger partial charge in [0.15, 0.2) is 18.5 Å². The Balaban J connectivity index is 2.89. The van der Waals surface area contributed by atoms with E-state index in [0.717, 1.165) is 19.3 Å². The minimum absolute atomic E-state index is 0.241. The highest BCUT2D eigenvalue weighted by Gasteiger charge is 2.51. The summed E-state index contributed by atoms with van der Waals surface area (Å²) < 4.78 is 27.8. The second kappa shape index (κ2) is 16.4. The largest absolute Gasteiger partial charge is 0.463 e. The summed E-state index contributed by atoms with van der Waals surface area (Å²) in [6, 6.07) is -0.923. The Morgan fingerprint density at radius 1 is 0.765 bits per heavy atom. The predicted molar refractivity (Wildman–Crippen MR) is 123 cm³/mol. The molecule has 10 heteroatoms. The van der Waals surface area contributed by atoms with E-state index < -0.39 is 54.5 Å². The van der Waals surface area contributed by atoms with E-state index in [2.05, 4.69) is 12.2 Å². The number of carbonyl (C=O) groups excluding carboxylic acids is 4. The highest BCUT2D eigenvalue weighted by molar-refractivity contribution is 5.73. The van der Waals surface area contributed by atoms with Crippen molar-refractivity contribution in [2.45, 2.75) is 117 Å². The minimum Gasteiger partial charge on any atom is -0.463 e. The average molecular weight is 488 g/mol. The van der Waals surface area contributed by atoms with Crippen LogP contribution in [0.4, 0.5) is 0 Å². The van der Waals surface area contributed by atoms with Gasteiger partial charge in [0, 0.05) is 34.3 Å². The Bertz CT molecular complexity index is 654. The highest BCUT2D eigenvalue weighted by Crippen LogP contribution is 2.28. The van der Waals surface area contributed by atoms with Crippen molar-refractivity contribution in [3.8, 4) is 0 Å². The van der Waals surface area contributed by atoms with E-state index in [1.165, 1.54) is 59.8 Å². The fourth-order valence-electron chi connectivity index (χ4n) is 3.87. The minimum atomic E-state index is -1.11. The third-order valence-electron chi connectivity index (χ3n) is 5.35. The highest BCUT2D eigenvalue weighted by atomic mass is 16.7. The van der Waals surface area contributed by atoms with Crippen LogP contribution in [0.5, 0.6) is 0 Å². The van der Waals surface area contributed by atoms with Crippen LogP contribution in [0.25, 0.3) is 0 Å². The molecule has 10 nitrogen and oxygen atoms in total. The smallest absolute Gasteiger partial charge is 0.303 e. The van der Waals surface area contributed by atoms with E-state index in [9.17, 15) is 19.2 Å². The molecule has 0 aromatic rings. The molecule has 1 fully saturated rings. The maximum absolute atomic E-state index is 11.9. The molecule has 0 aromatic carbocycles. The molecule has 196 valence electrons. The molecule has 0 unspecified atom stereocenters. The Morgan fingerprint density at radius 2 is 1.32 bits per heavy atom. The van der Waals surface area contributed by atoms with Crippen LogP contribution in [0, 0.1) is 0 Å². The van der Waals surface area contributed by atoms with Crippen molar-refractivity contribution in [2.24, 2.45) is 0 Å². The molecule has 1 rings (SSSR count). The maximum atomic E-state index is 11.9. The first-order valence-electron chi connectivity index (χ1n) is 12.2. The number of nitrogens with one attached hydrogen (secondary N) is 1. The van der Waals surface area contributed by atoms with Gasteiger partial charge < -0.3 is 29.0 Å². The quantitative estimate of drug-likeness (QED) is 0.211. The van der Waals surface area contributed by atoms with E-state index in [-0.39, 0.29) is 6.61 Å². The summed E-state index contributed by atoms with van der Waals surface area (Å²) in [4.78, 5) is 46.8. The summed E-state index contributed by atoms with van der Waals surface area (Å²) >= 11 is 0. The van der Waals surface area contributed by atoms with Crippen LogP contribution in [0.1, 0.15) is 86.0 Å². The number of hydrogen-bond donors (Lipinski definition) is 1. The third-order valence-corrected chi connectivity index (χ3v) is 5.35. The Kier molecular flexibility index (Phi) is 14.4. The molecule has 0 radical (unpaired) electrons. The SMILES string of the molecule is CCCCCCCCCCO[C@@H]1O[C@H](COC(C)=O)[C@H](OC(C)=O)[C@@H](OC(C)=O)[C@@H]1NC(C)=O. The Labute approximate surface area is 202 Å². The van der Waals surface area contributed by atoms with E-state index >= 15 is 0 Å². The van der Waals surface area contributed by atoms with Crippen LogP contribution in [0.15, 0.2) is 0 Å². The molecule has 0 saturated carbocycles. The lowest BCUT2D eigenvalue weighted by Gasteiger charge is -2.44. The van der Waals surface area contributed by atoms with E-state index in [0.29, 0.717) is 6.61 Å². The summed E-state index contributed by atoms with van der Waals surface area (Å²) in [6.45, 7) is 7.27. The number of rotatable bonds is 15. The monoisotopic (exact) mass is 487 g/mol. The lowest BCUT2D eigenvalue weighted by atomic mass is 9.96. The van der Waals surface area contributed by atoms with Crippen molar-refractivity contribution in [3.05, 3.63) is 0 Å². The van der Waals surface area contributed by atoms with Gasteiger partial charge in [0.05, 0.1) is 0 Å². The van der Waals surface area contributed by atoms with Crippen LogP contribution in [-0.2, 0) is 42.9 Å². The van der Waals surface area contributed by atoms with Crippen LogP contribution in [-0.4, -0.2) is 67.7 Å². The Morgan fingerprint density at radius 3 is 1.85 bits per heavy atom. The van der Waals surface area contributed by atoms with Gasteiger partial charge in [0.25, 0.3) is 0 Å². The molecular formula is C24H41NO9. The first-order valence-corrected chi connectivity index (χ1v) is 12.2. The number of carbonyl (C=O) groups is 4. The topological polar surface area (TPSA) is 126 Å². The van der Waals surface area contributed by atoms with Crippen LogP contribution in [0.2, 0.25) is 0 Å². The van der Waals surface area contributed by atoms with E-state index in [4.69, 9.17) is 23.7 Å². The summed E-state index contributed by atoms with van der Waals surface area (Å²) in [5.41, 5.74) is 0. The normalized spacial score (nSPS) is 24.2. The molecule has 1 heterocycles. The van der Waals surface area contributed by atoms with Gasteiger partial charge in [0.2, 0.25) is 5.91 Å². The summed E-state index contributed by atoms with van der Waals surface area (Å²) in [7, 11) is 0. The molecular weight excluding hydrogens is 446 g/mol. The first kappa shape index (κ1) is 29.8. The molecule has 0 aliphatic carbocycles. The van der Waals surface area contributed by atoms with Crippen molar-refractivity contribution in [1.29, 1.82) is 0 Å². The fourth-order valence-corrected chi connectivity index (χ4v) is 3.87. The molecule has 0 spiro atoms. The molecule has 0 aromatic heterocycles. The lowest BCUT2D eigenvalue weighted by molar-refractivity contribution is -0.277. The average Bonchev–Trinajstić information content (AvgIpc) is 2.74. The van der Waals surface area contributed by atoms with Crippen LogP contribution in [0.3, 0.4) is 0 Å². The van der Waals surface area contributed by atoms with Crippen molar-refractivity contribution in [2.75, 3.05) is 13.2 Å². The molecule has 1 N–H and O–H groups in total. The zero-order chi connectivity index (χ0) is 25.5. The summed E-state index contributed by atoms with van der Waals surface area (Å²) in [5, 5.41) is 2.69. The van der Waals surface area contributed by atoms with Crippen molar-refractivity contribution >= 4 is 23.8 Å². The van der Waals surface area contributed by atoms with Gasteiger partial charge in [0.1, 0.15) is 18.8 Å². The predicted octanol–water partition coefficient (Wildman–Crippen LogP) is 2.80. The van der Waals surface area contributed by atoms with Gasteiger partial charge in [-0.2, -0.15) is 0 Å². The van der Waals surface area contributed by atoms with Crippen molar-refractivity contribution in [3.63, 3.8) is 0 Å². The van der Waals surface area contributed by atoms with Gasteiger partial charge in [-0.15, -0.1) is 0 Å². The van der Waals surface area contributed by atoms with Crippen molar-refractivity contribution < 1.29 is 42.9 Å². The van der Waals surface area contributed by atoms with Gasteiger partial charge in [-0.05, 0) is 6.42 Å². The Hall–Kier alpha value is -2.20. The first-order chi connectivity index (χ1) is 16.1. The molecule has 34 heavy (non-hydrogen) atoms. The van der Waals surface area contributed by atoms with Gasteiger partial charge in [-0.1, -0.05) is 51.9 Å². The zero-order valence-corrected chi connectivity index (χ0v) is 21.1. The van der Waals surface area contributed by atoms with Gasteiger partial charge >= 0.3 is 17.9 Å². The molecule has 1 aliphatic rings. The molecule has 1 saturated heterocycles. The standard InChI is InChI=1S/C24H41NO9/c1-6-7-8-9-10-11-12-13-14-30-24-21(25-16(2)26)23(33-19(5)29)22(32-18(4)28)20(34-24)15-31-17(3)27/h20-24H,6-15H2,1-5H3,(H,25,26)/t20-,21+,22+,23+,24-/m1/s1. The van der Waals surface area contributed by atoms with Crippen LogP contribution >= 0.6 is 0 Å². The van der Waals surface area contributed by atoms with Gasteiger partial charge in [-0.3, -0.25) is 19.2 Å². The summed E-state index contributed by atoms with van der Waals surface area (Å²) in [5.74, 6) is -2.22. The second-order valence-electron chi connectivity index (χ2n) is 8.57. The molecule has 0 bridgehead atoms. The molecule has 5 atom stereocenters. The van der Waals surface area contributed by atoms with E-state index in [1.807, 2.05) is 0 Å².